The van der Waals surface area contributed by atoms with Crippen LogP contribution in [0.2, 0.25) is 0 Å². The number of rotatable bonds is 3. The maximum Gasteiger partial charge on any atom is 0.416 e. The summed E-state index contributed by atoms with van der Waals surface area (Å²) in [6.45, 7) is 0.127. The second-order valence-corrected chi connectivity index (χ2v) is 5.80. The van der Waals surface area contributed by atoms with E-state index in [1.807, 2.05) is 0 Å². The summed E-state index contributed by atoms with van der Waals surface area (Å²) in [4.78, 5) is 12.0. The molecule has 2 rings (SSSR count). The van der Waals surface area contributed by atoms with Gasteiger partial charge in [-0.3, -0.25) is 4.79 Å². The van der Waals surface area contributed by atoms with Gasteiger partial charge in [-0.25, -0.2) is 4.39 Å². The summed E-state index contributed by atoms with van der Waals surface area (Å²) in [7, 11) is 0. The molecule has 1 fully saturated rings. The first-order valence-electron chi connectivity index (χ1n) is 7.15. The molecule has 130 valence electrons. The lowest BCUT2D eigenvalue weighted by atomic mass is 9.82. The summed E-state index contributed by atoms with van der Waals surface area (Å²) in [5.74, 6) is -1.86. The van der Waals surface area contributed by atoms with Crippen molar-refractivity contribution in [3.05, 3.63) is 35.1 Å². The van der Waals surface area contributed by atoms with Crippen LogP contribution in [-0.4, -0.2) is 18.0 Å². The van der Waals surface area contributed by atoms with Gasteiger partial charge in [0.1, 0.15) is 5.82 Å². The van der Waals surface area contributed by atoms with Crippen molar-refractivity contribution in [2.24, 2.45) is 5.73 Å². The number of benzene rings is 1. The maximum absolute atomic E-state index is 13.6. The number of alkyl halides is 3. The number of nitrogens with two attached hydrogens (primary N) is 1. The highest BCUT2D eigenvalue weighted by atomic mass is 35.5. The Hall–Kier alpha value is -1.34. The summed E-state index contributed by atoms with van der Waals surface area (Å²) in [6.07, 6.45) is -0.179. The Morgan fingerprint density at radius 2 is 1.83 bits per heavy atom. The van der Waals surface area contributed by atoms with Crippen LogP contribution in [0.5, 0.6) is 0 Å². The van der Waals surface area contributed by atoms with Gasteiger partial charge in [-0.05, 0) is 31.0 Å². The van der Waals surface area contributed by atoms with E-state index in [9.17, 15) is 22.4 Å². The van der Waals surface area contributed by atoms with E-state index in [1.54, 1.807) is 0 Å². The highest BCUT2D eigenvalue weighted by Crippen LogP contribution is 2.30. The molecule has 0 saturated heterocycles. The van der Waals surface area contributed by atoms with E-state index in [2.05, 4.69) is 5.32 Å². The van der Waals surface area contributed by atoms with Gasteiger partial charge in [-0.2, -0.15) is 13.2 Å². The molecule has 0 heterocycles. The lowest BCUT2D eigenvalue weighted by Crippen LogP contribution is -2.51. The van der Waals surface area contributed by atoms with Gasteiger partial charge in [0, 0.05) is 12.1 Å². The smallest absolute Gasteiger partial charge is 0.350 e. The van der Waals surface area contributed by atoms with Gasteiger partial charge in [0.15, 0.2) is 0 Å². The van der Waals surface area contributed by atoms with Crippen molar-refractivity contribution in [1.29, 1.82) is 0 Å². The maximum atomic E-state index is 13.6. The molecule has 0 radical (unpaired) electrons. The molecule has 1 aliphatic carbocycles. The SMILES string of the molecule is Cl.NC1(CNC(=O)c2cc(C(F)(F)F)ccc2F)CCCCC1. The summed E-state index contributed by atoms with van der Waals surface area (Å²) >= 11 is 0. The molecule has 0 bridgehead atoms. The largest absolute Gasteiger partial charge is 0.416 e. The second kappa shape index (κ2) is 7.49. The fourth-order valence-corrected chi connectivity index (χ4v) is 2.66. The predicted octanol–water partition coefficient (Wildman–Crippen LogP) is 3.66. The Morgan fingerprint density at radius 3 is 2.39 bits per heavy atom. The average molecular weight is 355 g/mol. The van der Waals surface area contributed by atoms with Crippen molar-refractivity contribution in [1.82, 2.24) is 5.32 Å². The van der Waals surface area contributed by atoms with Gasteiger partial charge in [0.05, 0.1) is 11.1 Å². The summed E-state index contributed by atoms with van der Waals surface area (Å²) < 4.78 is 51.5. The van der Waals surface area contributed by atoms with Crippen LogP contribution in [0.3, 0.4) is 0 Å². The van der Waals surface area contributed by atoms with Crippen LogP contribution in [-0.2, 0) is 6.18 Å². The van der Waals surface area contributed by atoms with Crippen molar-refractivity contribution in [3.63, 3.8) is 0 Å². The van der Waals surface area contributed by atoms with Crippen LogP contribution in [0, 0.1) is 5.82 Å². The van der Waals surface area contributed by atoms with E-state index in [-0.39, 0.29) is 19.0 Å². The Labute approximate surface area is 138 Å². The molecule has 3 nitrogen and oxygen atoms in total. The van der Waals surface area contributed by atoms with E-state index in [4.69, 9.17) is 5.73 Å². The molecule has 1 aromatic carbocycles. The lowest BCUT2D eigenvalue weighted by Gasteiger charge is -2.33. The van der Waals surface area contributed by atoms with Gasteiger partial charge in [0.2, 0.25) is 0 Å². The minimum Gasteiger partial charge on any atom is -0.350 e. The quantitative estimate of drug-likeness (QED) is 0.814. The van der Waals surface area contributed by atoms with Gasteiger partial charge in [0.25, 0.3) is 5.91 Å². The van der Waals surface area contributed by atoms with Crippen LogP contribution in [0.1, 0.15) is 48.0 Å². The molecule has 0 spiro atoms. The van der Waals surface area contributed by atoms with E-state index < -0.39 is 34.6 Å². The molecule has 0 atom stereocenters. The first-order valence-corrected chi connectivity index (χ1v) is 7.15. The average Bonchev–Trinajstić information content (AvgIpc) is 2.45. The highest BCUT2D eigenvalue weighted by molar-refractivity contribution is 5.94. The standard InChI is InChI=1S/C15H18F4N2O.ClH/c16-12-5-4-10(15(17,18)19)8-11(12)13(22)21-9-14(20)6-2-1-3-7-14;/h4-5,8H,1-3,6-7,9,20H2,(H,21,22);1H. The van der Waals surface area contributed by atoms with Crippen LogP contribution in [0.25, 0.3) is 0 Å². The molecule has 1 aromatic rings. The van der Waals surface area contributed by atoms with Crippen molar-refractivity contribution >= 4 is 18.3 Å². The monoisotopic (exact) mass is 354 g/mol. The Kier molecular flexibility index (Phi) is 6.41. The molecule has 1 saturated carbocycles. The molecule has 1 aliphatic rings. The third-order valence-electron chi connectivity index (χ3n) is 3.99. The highest BCUT2D eigenvalue weighted by Gasteiger charge is 2.32. The molecule has 0 aliphatic heterocycles. The second-order valence-electron chi connectivity index (χ2n) is 5.80. The van der Waals surface area contributed by atoms with Crippen molar-refractivity contribution in [2.75, 3.05) is 6.54 Å². The molecule has 3 N–H and O–H groups in total. The van der Waals surface area contributed by atoms with Gasteiger partial charge in [-0.1, -0.05) is 19.3 Å². The van der Waals surface area contributed by atoms with E-state index in [1.165, 1.54) is 0 Å². The summed E-state index contributed by atoms with van der Waals surface area (Å²) in [5.41, 5.74) is 3.90. The molecule has 8 heteroatoms. The first kappa shape index (κ1) is 19.7. The normalized spacial score (nSPS) is 17.3. The number of carbonyl (C=O) groups is 1. The minimum atomic E-state index is -4.62. The lowest BCUT2D eigenvalue weighted by molar-refractivity contribution is -0.137. The number of hydrogen-bond donors (Lipinski definition) is 2. The number of nitrogens with one attached hydrogen (secondary N) is 1. The molecule has 1 amide bonds. The fraction of sp³-hybridized carbons (Fsp3) is 0.533. The Bertz CT molecular complexity index is 557. The predicted molar refractivity (Wildman–Crippen MR) is 81.0 cm³/mol. The van der Waals surface area contributed by atoms with E-state index in [0.717, 1.165) is 32.1 Å². The number of carbonyl (C=O) groups excluding carboxylic acids is 1. The first-order chi connectivity index (χ1) is 10.2. The van der Waals surface area contributed by atoms with Gasteiger partial charge >= 0.3 is 6.18 Å². The van der Waals surface area contributed by atoms with E-state index in [0.29, 0.717) is 18.2 Å². The minimum absolute atomic E-state index is 0. The molecular formula is C15H19ClF4N2O. The number of hydrogen-bond acceptors (Lipinski definition) is 2. The topological polar surface area (TPSA) is 55.1 Å². The Morgan fingerprint density at radius 1 is 1.22 bits per heavy atom. The van der Waals surface area contributed by atoms with Crippen LogP contribution < -0.4 is 11.1 Å². The molecule has 0 unspecified atom stereocenters. The summed E-state index contributed by atoms with van der Waals surface area (Å²) in [5, 5.41) is 2.46. The van der Waals surface area contributed by atoms with Crippen molar-refractivity contribution in [2.45, 2.75) is 43.8 Å². The third-order valence-corrected chi connectivity index (χ3v) is 3.99. The van der Waals surface area contributed by atoms with Crippen LogP contribution >= 0.6 is 12.4 Å². The number of amides is 1. The van der Waals surface area contributed by atoms with Crippen LogP contribution in [0.4, 0.5) is 17.6 Å². The summed E-state index contributed by atoms with van der Waals surface area (Å²) in [6, 6.07) is 1.78. The molecular weight excluding hydrogens is 336 g/mol. The van der Waals surface area contributed by atoms with Crippen molar-refractivity contribution in [3.8, 4) is 0 Å². The Balaban J connectivity index is 0.00000264. The van der Waals surface area contributed by atoms with Crippen molar-refractivity contribution < 1.29 is 22.4 Å². The van der Waals surface area contributed by atoms with Crippen LogP contribution in [0.15, 0.2) is 18.2 Å². The zero-order chi connectivity index (χ0) is 16.4. The number of halogens is 5. The molecule has 23 heavy (non-hydrogen) atoms. The third kappa shape index (κ3) is 5.07. The zero-order valence-electron chi connectivity index (χ0n) is 12.4. The van der Waals surface area contributed by atoms with Gasteiger partial charge < -0.3 is 11.1 Å². The van der Waals surface area contributed by atoms with E-state index >= 15 is 0 Å². The zero-order valence-corrected chi connectivity index (χ0v) is 13.2. The molecule has 0 aromatic heterocycles. The fourth-order valence-electron chi connectivity index (χ4n) is 2.66. The van der Waals surface area contributed by atoms with Gasteiger partial charge in [-0.15, -0.1) is 12.4 Å².